The number of nitrogens with zero attached hydrogens (tertiary/aromatic N) is 2. The van der Waals surface area contributed by atoms with Crippen molar-refractivity contribution >= 4 is 49.0 Å². The number of hydrogen-bond acceptors (Lipinski definition) is 5. The Kier molecular flexibility index (Phi) is 4.00. The second kappa shape index (κ2) is 5.94. The zero-order valence-electron chi connectivity index (χ0n) is 11.2. The van der Waals surface area contributed by atoms with Crippen molar-refractivity contribution in [2.24, 2.45) is 0 Å². The normalized spacial score (nSPS) is 10.8. The van der Waals surface area contributed by atoms with E-state index in [0.717, 1.165) is 10.2 Å². The molecule has 7 heteroatoms. The van der Waals surface area contributed by atoms with E-state index in [9.17, 15) is 14.9 Å². The van der Waals surface area contributed by atoms with Crippen LogP contribution in [0.1, 0.15) is 15.4 Å². The van der Waals surface area contributed by atoms with Gasteiger partial charge in [-0.05, 0) is 23.8 Å². The topological polar surface area (TPSA) is 73.1 Å². The van der Waals surface area contributed by atoms with Crippen LogP contribution in [0, 0.1) is 10.1 Å². The fraction of sp³-hybridized carbons (Fsp3) is 0.0667. The lowest BCUT2D eigenvalue weighted by molar-refractivity contribution is -0.384. The Morgan fingerprint density at radius 2 is 2.05 bits per heavy atom. The van der Waals surface area contributed by atoms with Gasteiger partial charge in [0.15, 0.2) is 10.8 Å². The third-order valence-electron chi connectivity index (χ3n) is 3.12. The molecule has 22 heavy (non-hydrogen) atoms. The lowest BCUT2D eigenvalue weighted by Crippen LogP contribution is -2.04. The smallest absolute Gasteiger partial charge is 0.269 e. The molecule has 0 unspecified atom stereocenters. The van der Waals surface area contributed by atoms with Crippen molar-refractivity contribution in [3.63, 3.8) is 0 Å². The highest BCUT2D eigenvalue weighted by Crippen LogP contribution is 2.26. The van der Waals surface area contributed by atoms with Crippen LogP contribution in [0.3, 0.4) is 0 Å². The summed E-state index contributed by atoms with van der Waals surface area (Å²) < 4.78 is 1.62. The average Bonchev–Trinajstić information content (AvgIpc) is 2.93. The van der Waals surface area contributed by atoms with Crippen molar-refractivity contribution in [1.29, 1.82) is 0 Å². The second-order valence-corrected chi connectivity index (χ2v) is 6.50. The predicted octanol–water partition coefficient (Wildman–Crippen LogP) is 4.39. The van der Waals surface area contributed by atoms with Crippen molar-refractivity contribution in [2.75, 3.05) is 0 Å². The van der Waals surface area contributed by atoms with E-state index in [1.54, 1.807) is 6.07 Å². The van der Waals surface area contributed by atoms with Crippen molar-refractivity contribution in [3.05, 3.63) is 67.6 Å². The molecule has 0 fully saturated rings. The van der Waals surface area contributed by atoms with Gasteiger partial charge >= 0.3 is 0 Å². The zero-order valence-corrected chi connectivity index (χ0v) is 13.6. The molecule has 0 aliphatic rings. The monoisotopic (exact) mass is 376 g/mol. The SMILES string of the molecule is O=C(Cc1cc([N+](=O)[O-])ccc1Br)c1nc2ccccc2s1. The molecule has 0 aliphatic carbocycles. The summed E-state index contributed by atoms with van der Waals surface area (Å²) in [6.45, 7) is 0. The van der Waals surface area contributed by atoms with E-state index in [-0.39, 0.29) is 17.9 Å². The van der Waals surface area contributed by atoms with Crippen molar-refractivity contribution in [1.82, 2.24) is 4.98 Å². The van der Waals surface area contributed by atoms with E-state index >= 15 is 0 Å². The molecular formula is C15H9BrN2O3S. The molecule has 0 atom stereocenters. The Balaban J connectivity index is 1.90. The van der Waals surface area contributed by atoms with Gasteiger partial charge in [-0.25, -0.2) is 4.98 Å². The minimum atomic E-state index is -0.474. The highest BCUT2D eigenvalue weighted by molar-refractivity contribution is 9.10. The average molecular weight is 377 g/mol. The van der Waals surface area contributed by atoms with Crippen LogP contribution in [-0.4, -0.2) is 15.7 Å². The molecule has 0 saturated carbocycles. The second-order valence-electron chi connectivity index (χ2n) is 4.62. The first-order chi connectivity index (χ1) is 10.5. The number of benzene rings is 2. The summed E-state index contributed by atoms with van der Waals surface area (Å²) in [4.78, 5) is 27.0. The Hall–Kier alpha value is -2.12. The number of rotatable bonds is 4. The minimum Gasteiger partial charge on any atom is -0.291 e. The van der Waals surface area contributed by atoms with Crippen molar-refractivity contribution in [3.8, 4) is 0 Å². The molecule has 3 aromatic rings. The number of nitro groups is 1. The zero-order chi connectivity index (χ0) is 15.7. The maximum absolute atomic E-state index is 12.4. The van der Waals surface area contributed by atoms with E-state index in [1.165, 1.54) is 23.5 Å². The van der Waals surface area contributed by atoms with E-state index in [4.69, 9.17) is 0 Å². The largest absolute Gasteiger partial charge is 0.291 e. The standard InChI is InChI=1S/C15H9BrN2O3S/c16-11-6-5-10(18(20)21)7-9(11)8-13(19)15-17-12-3-1-2-4-14(12)22-15/h1-7H,8H2. The molecule has 0 saturated heterocycles. The molecule has 1 heterocycles. The number of ketones is 1. The van der Waals surface area contributed by atoms with Crippen LogP contribution in [0.4, 0.5) is 5.69 Å². The number of thiazole rings is 1. The van der Waals surface area contributed by atoms with Gasteiger partial charge in [-0.3, -0.25) is 14.9 Å². The van der Waals surface area contributed by atoms with Crippen LogP contribution >= 0.6 is 27.3 Å². The molecule has 0 N–H and O–H groups in total. The third kappa shape index (κ3) is 2.90. The number of Topliss-reactive ketones (excluding diaryl/α,β-unsaturated/α-hetero) is 1. The number of non-ortho nitro benzene ring substituents is 1. The number of aromatic nitrogens is 1. The number of para-hydroxylation sites is 1. The fourth-order valence-electron chi connectivity index (χ4n) is 2.05. The quantitative estimate of drug-likeness (QED) is 0.384. The van der Waals surface area contributed by atoms with Gasteiger partial charge < -0.3 is 0 Å². The van der Waals surface area contributed by atoms with Crippen molar-refractivity contribution < 1.29 is 9.72 Å². The Morgan fingerprint density at radius 1 is 1.27 bits per heavy atom. The van der Waals surface area contributed by atoms with Crippen LogP contribution in [-0.2, 0) is 6.42 Å². The summed E-state index contributed by atoms with van der Waals surface area (Å²) in [7, 11) is 0. The first-order valence-corrected chi connectivity index (χ1v) is 7.97. The van der Waals surface area contributed by atoms with Gasteiger partial charge in [-0.2, -0.15) is 0 Å². The van der Waals surface area contributed by atoms with E-state index in [0.29, 0.717) is 15.0 Å². The van der Waals surface area contributed by atoms with Crippen LogP contribution < -0.4 is 0 Å². The summed E-state index contributed by atoms with van der Waals surface area (Å²) >= 11 is 4.65. The van der Waals surface area contributed by atoms with Gasteiger partial charge in [-0.15, -0.1) is 11.3 Å². The first kappa shape index (κ1) is 14.8. The van der Waals surface area contributed by atoms with Crippen LogP contribution in [0.25, 0.3) is 10.2 Å². The number of carbonyl (C=O) groups is 1. The molecule has 0 radical (unpaired) electrons. The number of halogens is 1. The van der Waals surface area contributed by atoms with Gasteiger partial charge in [0.05, 0.1) is 15.1 Å². The summed E-state index contributed by atoms with van der Waals surface area (Å²) in [5, 5.41) is 11.2. The number of carbonyl (C=O) groups excluding carboxylic acids is 1. The Labute approximate surface area is 137 Å². The van der Waals surface area contributed by atoms with E-state index in [1.807, 2.05) is 24.3 Å². The molecule has 0 amide bonds. The minimum absolute atomic E-state index is 0.0321. The van der Waals surface area contributed by atoms with Gasteiger partial charge in [0.2, 0.25) is 0 Å². The molecule has 5 nitrogen and oxygen atoms in total. The van der Waals surface area contributed by atoms with Crippen LogP contribution in [0.5, 0.6) is 0 Å². The molecular weight excluding hydrogens is 368 g/mol. The number of nitro benzene ring substituents is 1. The van der Waals surface area contributed by atoms with E-state index in [2.05, 4.69) is 20.9 Å². The highest BCUT2D eigenvalue weighted by atomic mass is 79.9. The first-order valence-electron chi connectivity index (χ1n) is 6.36. The predicted molar refractivity (Wildman–Crippen MR) is 88.5 cm³/mol. The maximum atomic E-state index is 12.4. The molecule has 110 valence electrons. The summed E-state index contributed by atoms with van der Waals surface area (Å²) in [5.41, 5.74) is 1.34. The lowest BCUT2D eigenvalue weighted by Gasteiger charge is -2.02. The van der Waals surface area contributed by atoms with Gasteiger partial charge in [0.1, 0.15) is 0 Å². The Morgan fingerprint density at radius 3 is 2.77 bits per heavy atom. The van der Waals surface area contributed by atoms with Crippen LogP contribution in [0.2, 0.25) is 0 Å². The molecule has 0 spiro atoms. The molecule has 0 bridgehead atoms. The molecule has 3 rings (SSSR count). The maximum Gasteiger partial charge on any atom is 0.269 e. The molecule has 0 aliphatic heterocycles. The number of fused-ring (bicyclic) bond motifs is 1. The lowest BCUT2D eigenvalue weighted by atomic mass is 10.1. The molecule has 2 aromatic carbocycles. The van der Waals surface area contributed by atoms with Gasteiger partial charge in [0, 0.05) is 23.0 Å². The third-order valence-corrected chi connectivity index (χ3v) is 4.97. The summed E-state index contributed by atoms with van der Waals surface area (Å²) in [6.07, 6.45) is 0.0715. The van der Waals surface area contributed by atoms with Gasteiger partial charge in [0.25, 0.3) is 5.69 Å². The van der Waals surface area contributed by atoms with Gasteiger partial charge in [-0.1, -0.05) is 28.1 Å². The van der Waals surface area contributed by atoms with E-state index < -0.39 is 4.92 Å². The fourth-order valence-corrected chi connectivity index (χ4v) is 3.34. The summed E-state index contributed by atoms with van der Waals surface area (Å²) in [6, 6.07) is 11.9. The summed E-state index contributed by atoms with van der Waals surface area (Å²) in [5.74, 6) is -0.151. The highest BCUT2D eigenvalue weighted by Gasteiger charge is 2.16. The van der Waals surface area contributed by atoms with Crippen LogP contribution in [0.15, 0.2) is 46.9 Å². The Bertz CT molecular complexity index is 858. The van der Waals surface area contributed by atoms with Crippen molar-refractivity contribution in [2.45, 2.75) is 6.42 Å². The number of hydrogen-bond donors (Lipinski definition) is 0. The molecule has 1 aromatic heterocycles.